The van der Waals surface area contributed by atoms with E-state index in [0.29, 0.717) is 0 Å². The highest BCUT2D eigenvalue weighted by Crippen LogP contribution is 2.16. The lowest BCUT2D eigenvalue weighted by Crippen LogP contribution is -2.28. The van der Waals surface area contributed by atoms with Gasteiger partial charge in [-0.25, -0.2) is 4.68 Å². The molecule has 1 aliphatic heterocycles. The van der Waals surface area contributed by atoms with E-state index in [1.807, 2.05) is 11.6 Å². The lowest BCUT2D eigenvalue weighted by Gasteiger charge is -2.16. The normalized spacial score (nSPS) is 14.0. The third-order valence-electron chi connectivity index (χ3n) is 4.77. The summed E-state index contributed by atoms with van der Waals surface area (Å²) in [7, 11) is 2.15. The van der Waals surface area contributed by atoms with Gasteiger partial charge < -0.3 is 5.32 Å². The van der Waals surface area contributed by atoms with Gasteiger partial charge in [0.1, 0.15) is 0 Å². The summed E-state index contributed by atoms with van der Waals surface area (Å²) in [4.78, 5) is 2.31. The zero-order chi connectivity index (χ0) is 18.1. The minimum Gasteiger partial charge on any atom is -0.309 e. The van der Waals surface area contributed by atoms with Crippen LogP contribution in [-0.2, 0) is 26.2 Å². The summed E-state index contributed by atoms with van der Waals surface area (Å²) in [5.74, 6) is 0. The van der Waals surface area contributed by atoms with E-state index < -0.39 is 0 Å². The zero-order valence-electron chi connectivity index (χ0n) is 15.7. The summed E-state index contributed by atoms with van der Waals surface area (Å²) in [5, 5.41) is 12.7. The molecular weight excluding hydrogens is 324 g/mol. The van der Waals surface area contributed by atoms with E-state index in [-0.39, 0.29) is 0 Å². The molecule has 0 saturated heterocycles. The molecule has 136 valence electrons. The van der Waals surface area contributed by atoms with E-state index >= 15 is 0 Å². The molecule has 0 fully saturated rings. The molecule has 1 aromatic carbocycles. The molecule has 3 aromatic rings. The summed E-state index contributed by atoms with van der Waals surface area (Å²) >= 11 is 0. The van der Waals surface area contributed by atoms with E-state index in [9.17, 15) is 0 Å². The van der Waals surface area contributed by atoms with Crippen molar-refractivity contribution in [3.63, 3.8) is 0 Å². The van der Waals surface area contributed by atoms with Crippen LogP contribution in [0.1, 0.15) is 28.3 Å². The molecule has 3 heterocycles. The monoisotopic (exact) mass is 350 g/mol. The molecule has 1 aliphatic rings. The van der Waals surface area contributed by atoms with Gasteiger partial charge in [0.15, 0.2) is 0 Å². The lowest BCUT2D eigenvalue weighted by atomic mass is 10.2. The molecule has 6 heteroatoms. The van der Waals surface area contributed by atoms with E-state index in [1.54, 1.807) is 0 Å². The number of nitrogens with zero attached hydrogens (tertiary/aromatic N) is 5. The van der Waals surface area contributed by atoms with Crippen LogP contribution in [0, 0.1) is 13.8 Å². The molecule has 0 radical (unpaired) electrons. The van der Waals surface area contributed by atoms with Crippen molar-refractivity contribution < 1.29 is 0 Å². The molecule has 26 heavy (non-hydrogen) atoms. The average Bonchev–Trinajstić information content (AvgIpc) is 3.16. The average molecular weight is 350 g/mol. The maximum Gasteiger partial charge on any atom is 0.0768 e. The number of fused-ring (bicyclic) bond motifs is 1. The number of aromatic nitrogens is 4. The van der Waals surface area contributed by atoms with Crippen molar-refractivity contribution in [3.05, 3.63) is 64.7 Å². The first-order valence-corrected chi connectivity index (χ1v) is 9.16. The first kappa shape index (κ1) is 17.0. The Kier molecular flexibility index (Phi) is 4.61. The Hall–Kier alpha value is -2.44. The van der Waals surface area contributed by atoms with Gasteiger partial charge >= 0.3 is 0 Å². The van der Waals surface area contributed by atoms with E-state index in [1.165, 1.54) is 11.3 Å². The largest absolute Gasteiger partial charge is 0.309 e. The number of hydrogen-bond acceptors (Lipinski definition) is 4. The van der Waals surface area contributed by atoms with Gasteiger partial charge in [-0.05, 0) is 50.7 Å². The van der Waals surface area contributed by atoms with Crippen molar-refractivity contribution in [2.75, 3.05) is 13.6 Å². The van der Waals surface area contributed by atoms with E-state index in [4.69, 9.17) is 5.10 Å². The molecule has 0 saturated carbocycles. The molecule has 0 atom stereocenters. The Morgan fingerprint density at radius 3 is 2.77 bits per heavy atom. The van der Waals surface area contributed by atoms with Crippen LogP contribution in [0.4, 0.5) is 0 Å². The third-order valence-corrected chi connectivity index (χ3v) is 4.77. The number of hydrogen-bond donors (Lipinski definition) is 1. The molecule has 0 bridgehead atoms. The third kappa shape index (κ3) is 3.57. The van der Waals surface area contributed by atoms with Crippen LogP contribution in [0.5, 0.6) is 0 Å². The van der Waals surface area contributed by atoms with Crippen LogP contribution >= 0.6 is 0 Å². The minimum atomic E-state index is 0.851. The second-order valence-corrected chi connectivity index (χ2v) is 7.21. The van der Waals surface area contributed by atoms with Crippen molar-refractivity contribution in [1.82, 2.24) is 29.8 Å². The number of aryl methyl sites for hydroxylation is 2. The smallest absolute Gasteiger partial charge is 0.0768 e. The second kappa shape index (κ2) is 7.05. The zero-order valence-corrected chi connectivity index (χ0v) is 15.7. The highest BCUT2D eigenvalue weighted by atomic mass is 15.3. The standard InChI is InChI=1S/C20H26N6/c1-15-9-16(2)26(22-15)19-6-4-5-17(10-19)13-24(3)14-18-11-20-12-21-7-8-25(20)23-18/h4-6,9-11,21H,7-8,12-14H2,1-3H3. The molecule has 1 N–H and O–H groups in total. The Bertz CT molecular complexity index is 883. The fraction of sp³-hybridized carbons (Fsp3) is 0.400. The van der Waals surface area contributed by atoms with E-state index in [0.717, 1.165) is 55.5 Å². The number of nitrogens with one attached hydrogen (secondary N) is 1. The Morgan fingerprint density at radius 1 is 1.12 bits per heavy atom. The van der Waals surface area contributed by atoms with Crippen LogP contribution in [0.3, 0.4) is 0 Å². The summed E-state index contributed by atoms with van der Waals surface area (Å²) in [5.41, 5.74) is 7.02. The highest BCUT2D eigenvalue weighted by molar-refractivity contribution is 5.37. The van der Waals surface area contributed by atoms with Gasteiger partial charge in [0, 0.05) is 31.9 Å². The van der Waals surface area contributed by atoms with Gasteiger partial charge in [-0.1, -0.05) is 12.1 Å². The van der Waals surface area contributed by atoms with Gasteiger partial charge in [0.2, 0.25) is 0 Å². The maximum absolute atomic E-state index is 4.73. The fourth-order valence-electron chi connectivity index (χ4n) is 3.65. The molecule has 4 rings (SSSR count). The highest BCUT2D eigenvalue weighted by Gasteiger charge is 2.13. The summed E-state index contributed by atoms with van der Waals surface area (Å²) in [6, 6.07) is 12.9. The summed E-state index contributed by atoms with van der Waals surface area (Å²) < 4.78 is 4.14. The molecule has 0 unspecified atom stereocenters. The summed E-state index contributed by atoms with van der Waals surface area (Å²) in [6.45, 7) is 8.74. The van der Waals surface area contributed by atoms with Gasteiger partial charge in [0.25, 0.3) is 0 Å². The quantitative estimate of drug-likeness (QED) is 0.768. The van der Waals surface area contributed by atoms with Gasteiger partial charge in [-0.15, -0.1) is 0 Å². The minimum absolute atomic E-state index is 0.851. The Balaban J connectivity index is 1.46. The predicted molar refractivity (Wildman–Crippen MR) is 102 cm³/mol. The van der Waals surface area contributed by atoms with Crippen LogP contribution < -0.4 is 5.32 Å². The number of benzene rings is 1. The van der Waals surface area contributed by atoms with Crippen molar-refractivity contribution in [3.8, 4) is 5.69 Å². The predicted octanol–water partition coefficient (Wildman–Crippen LogP) is 2.42. The molecular formula is C20H26N6. The SMILES string of the molecule is Cc1cc(C)n(-c2cccc(CN(C)Cc3cc4n(n3)CCNC4)c2)n1. The van der Waals surface area contributed by atoms with Gasteiger partial charge in [-0.2, -0.15) is 10.2 Å². The Morgan fingerprint density at radius 2 is 2.00 bits per heavy atom. The van der Waals surface area contributed by atoms with Crippen LogP contribution in [0.25, 0.3) is 5.69 Å². The van der Waals surface area contributed by atoms with Crippen LogP contribution in [0.15, 0.2) is 36.4 Å². The maximum atomic E-state index is 4.73. The van der Waals surface area contributed by atoms with Crippen molar-refractivity contribution in [2.24, 2.45) is 0 Å². The van der Waals surface area contributed by atoms with Crippen LogP contribution in [-0.4, -0.2) is 38.1 Å². The van der Waals surface area contributed by atoms with Crippen molar-refractivity contribution in [2.45, 2.75) is 40.0 Å². The lowest BCUT2D eigenvalue weighted by molar-refractivity contribution is 0.313. The molecule has 2 aromatic heterocycles. The van der Waals surface area contributed by atoms with Crippen molar-refractivity contribution in [1.29, 1.82) is 0 Å². The summed E-state index contributed by atoms with van der Waals surface area (Å²) in [6.07, 6.45) is 0. The molecule has 6 nitrogen and oxygen atoms in total. The van der Waals surface area contributed by atoms with E-state index in [2.05, 4.69) is 70.4 Å². The van der Waals surface area contributed by atoms with Crippen LogP contribution in [0.2, 0.25) is 0 Å². The first-order chi connectivity index (χ1) is 12.6. The molecule has 0 aliphatic carbocycles. The topological polar surface area (TPSA) is 50.9 Å². The Labute approximate surface area is 154 Å². The van der Waals surface area contributed by atoms with Crippen molar-refractivity contribution >= 4 is 0 Å². The first-order valence-electron chi connectivity index (χ1n) is 9.16. The molecule has 0 spiro atoms. The molecule has 0 amide bonds. The number of rotatable bonds is 5. The fourth-order valence-corrected chi connectivity index (χ4v) is 3.65. The van der Waals surface area contributed by atoms with Gasteiger partial charge in [0.05, 0.1) is 29.3 Å². The second-order valence-electron chi connectivity index (χ2n) is 7.21. The van der Waals surface area contributed by atoms with Gasteiger partial charge in [-0.3, -0.25) is 9.58 Å².